The van der Waals surface area contributed by atoms with E-state index in [1.54, 1.807) is 0 Å². The molecule has 2 N–H and O–H groups in total. The maximum atomic E-state index is 12.8. The van der Waals surface area contributed by atoms with E-state index in [4.69, 9.17) is 14.7 Å². The number of morpholine rings is 1. The van der Waals surface area contributed by atoms with E-state index in [1.807, 2.05) is 4.90 Å². The van der Waals surface area contributed by atoms with E-state index >= 15 is 0 Å². The topological polar surface area (TPSA) is 82.6 Å². The van der Waals surface area contributed by atoms with E-state index in [2.05, 4.69) is 46.7 Å². The Bertz CT molecular complexity index is 1050. The zero-order valence-electron chi connectivity index (χ0n) is 19.9. The fourth-order valence-corrected chi connectivity index (χ4v) is 4.92. The molecule has 8 heteroatoms. The standard InChI is InChI=1S/C26H34N6O2/c1-17-15-34-13-12-32(17)25-22-10-11-31(26(33)19-2-3-19)14-23(22)29-24(30-25)18-4-6-20(7-5-18)27-16-28-21-8-9-21/h4-7,17,19,21,27-28H,2-3,8-16H2,1H3. The Balaban J connectivity index is 1.29. The van der Waals surface area contributed by atoms with Gasteiger partial charge in [0, 0.05) is 41.9 Å². The average Bonchev–Trinajstić information content (AvgIpc) is 3.78. The fourth-order valence-electron chi connectivity index (χ4n) is 4.92. The largest absolute Gasteiger partial charge is 0.377 e. The number of hydrogen-bond donors (Lipinski definition) is 2. The third-order valence-corrected chi connectivity index (χ3v) is 7.32. The molecular weight excluding hydrogens is 428 g/mol. The van der Waals surface area contributed by atoms with Crippen molar-refractivity contribution >= 4 is 17.4 Å². The second-order valence-corrected chi connectivity index (χ2v) is 10.1. The molecule has 1 saturated heterocycles. The smallest absolute Gasteiger partial charge is 0.226 e. The summed E-state index contributed by atoms with van der Waals surface area (Å²) in [6.07, 6.45) is 5.44. The molecule has 2 aromatic rings. The van der Waals surface area contributed by atoms with Crippen molar-refractivity contribution in [2.24, 2.45) is 5.92 Å². The van der Waals surface area contributed by atoms with E-state index in [-0.39, 0.29) is 12.0 Å². The second-order valence-electron chi connectivity index (χ2n) is 10.1. The first-order valence-electron chi connectivity index (χ1n) is 12.8. The molecule has 1 aromatic heterocycles. The van der Waals surface area contributed by atoms with Gasteiger partial charge in [-0.2, -0.15) is 0 Å². The van der Waals surface area contributed by atoms with Crippen molar-refractivity contribution in [1.29, 1.82) is 0 Å². The number of aromatic nitrogens is 2. The summed E-state index contributed by atoms with van der Waals surface area (Å²) in [5, 5.41) is 6.91. The van der Waals surface area contributed by atoms with Crippen LogP contribution in [0.15, 0.2) is 24.3 Å². The molecule has 8 nitrogen and oxygen atoms in total. The number of nitrogens with one attached hydrogen (secondary N) is 2. The van der Waals surface area contributed by atoms with Crippen LogP contribution in [0.1, 0.15) is 43.9 Å². The zero-order valence-corrected chi connectivity index (χ0v) is 19.9. The Kier molecular flexibility index (Phi) is 5.87. The zero-order chi connectivity index (χ0) is 23.1. The fraction of sp³-hybridized carbons (Fsp3) is 0.577. The molecule has 34 heavy (non-hydrogen) atoms. The first-order chi connectivity index (χ1) is 16.7. The highest BCUT2D eigenvalue weighted by Gasteiger charge is 2.36. The molecule has 2 aliphatic carbocycles. The van der Waals surface area contributed by atoms with Gasteiger partial charge in [-0.3, -0.25) is 10.1 Å². The highest BCUT2D eigenvalue weighted by molar-refractivity contribution is 5.81. The highest BCUT2D eigenvalue weighted by Crippen LogP contribution is 2.35. The van der Waals surface area contributed by atoms with Crippen molar-refractivity contribution < 1.29 is 9.53 Å². The Labute approximate surface area is 201 Å². The van der Waals surface area contributed by atoms with Gasteiger partial charge in [0.15, 0.2) is 5.82 Å². The van der Waals surface area contributed by atoms with E-state index < -0.39 is 0 Å². The van der Waals surface area contributed by atoms with Crippen molar-refractivity contribution in [3.63, 3.8) is 0 Å². The lowest BCUT2D eigenvalue weighted by Crippen LogP contribution is -2.46. The number of anilines is 2. The molecule has 1 aromatic carbocycles. The molecule has 4 aliphatic rings. The number of benzene rings is 1. The molecule has 2 aliphatic heterocycles. The van der Waals surface area contributed by atoms with Gasteiger partial charge in [-0.25, -0.2) is 9.97 Å². The van der Waals surface area contributed by atoms with Gasteiger partial charge in [-0.1, -0.05) is 0 Å². The van der Waals surface area contributed by atoms with E-state index in [1.165, 1.54) is 18.4 Å². The lowest BCUT2D eigenvalue weighted by atomic mass is 10.0. The summed E-state index contributed by atoms with van der Waals surface area (Å²) in [5.74, 6) is 2.28. The van der Waals surface area contributed by atoms with Gasteiger partial charge in [0.05, 0.1) is 38.2 Å². The maximum Gasteiger partial charge on any atom is 0.226 e. The van der Waals surface area contributed by atoms with Crippen LogP contribution in [0.5, 0.6) is 0 Å². The van der Waals surface area contributed by atoms with Gasteiger partial charge in [0.2, 0.25) is 5.91 Å². The Morgan fingerprint density at radius 1 is 1.12 bits per heavy atom. The minimum absolute atomic E-state index is 0.232. The van der Waals surface area contributed by atoms with Crippen LogP contribution in [0.25, 0.3) is 11.4 Å². The minimum atomic E-state index is 0.232. The number of rotatable bonds is 7. The molecule has 2 saturated carbocycles. The maximum absolute atomic E-state index is 12.8. The SMILES string of the molecule is CC1COCCN1c1nc(-c2ccc(NCNC3CC3)cc2)nc2c1CCN(C(=O)C1CC1)C2. The van der Waals surface area contributed by atoms with E-state index in [9.17, 15) is 4.79 Å². The van der Waals surface area contributed by atoms with Gasteiger partial charge in [-0.15, -0.1) is 0 Å². The molecule has 3 fully saturated rings. The second kappa shape index (κ2) is 9.15. The minimum Gasteiger partial charge on any atom is -0.377 e. The number of nitrogens with zero attached hydrogens (tertiary/aromatic N) is 4. The molecule has 6 rings (SSSR count). The van der Waals surface area contributed by atoms with Crippen LogP contribution in [0.2, 0.25) is 0 Å². The molecule has 0 radical (unpaired) electrons. The number of hydrogen-bond acceptors (Lipinski definition) is 7. The summed E-state index contributed by atoms with van der Waals surface area (Å²) in [7, 11) is 0. The van der Waals surface area contributed by atoms with Crippen LogP contribution in [-0.4, -0.2) is 65.8 Å². The molecule has 0 bridgehead atoms. The molecule has 1 unspecified atom stereocenters. The number of fused-ring (bicyclic) bond motifs is 1. The van der Waals surface area contributed by atoms with E-state index in [0.29, 0.717) is 31.7 Å². The molecule has 0 spiro atoms. The third kappa shape index (κ3) is 4.61. The third-order valence-electron chi connectivity index (χ3n) is 7.32. The monoisotopic (exact) mass is 462 g/mol. The summed E-state index contributed by atoms with van der Waals surface area (Å²) in [6.45, 7) is 6.55. The number of amides is 1. The predicted molar refractivity (Wildman–Crippen MR) is 132 cm³/mol. The van der Waals surface area contributed by atoms with Crippen molar-refractivity contribution in [3.05, 3.63) is 35.5 Å². The van der Waals surface area contributed by atoms with Crippen molar-refractivity contribution in [2.75, 3.05) is 43.2 Å². The first kappa shape index (κ1) is 21.8. The van der Waals surface area contributed by atoms with Gasteiger partial charge in [0.1, 0.15) is 5.82 Å². The Morgan fingerprint density at radius 2 is 1.94 bits per heavy atom. The molecule has 180 valence electrons. The molecular formula is C26H34N6O2. The van der Waals surface area contributed by atoms with Gasteiger partial charge < -0.3 is 19.9 Å². The van der Waals surface area contributed by atoms with Gasteiger partial charge in [0.25, 0.3) is 0 Å². The summed E-state index contributed by atoms with van der Waals surface area (Å²) >= 11 is 0. The van der Waals surface area contributed by atoms with Crippen molar-refractivity contribution in [3.8, 4) is 11.4 Å². The summed E-state index contributed by atoms with van der Waals surface area (Å²) in [5.41, 5.74) is 4.27. The van der Waals surface area contributed by atoms with Crippen LogP contribution in [0.3, 0.4) is 0 Å². The Morgan fingerprint density at radius 3 is 2.68 bits per heavy atom. The van der Waals surface area contributed by atoms with Crippen LogP contribution < -0.4 is 15.5 Å². The summed E-state index contributed by atoms with van der Waals surface area (Å²) in [4.78, 5) is 27.2. The van der Waals surface area contributed by atoms with Crippen LogP contribution in [0, 0.1) is 5.92 Å². The normalized spacial score (nSPS) is 22.4. The lowest BCUT2D eigenvalue weighted by molar-refractivity contribution is -0.133. The molecule has 1 atom stereocenters. The highest BCUT2D eigenvalue weighted by atomic mass is 16.5. The lowest BCUT2D eigenvalue weighted by Gasteiger charge is -2.38. The summed E-state index contributed by atoms with van der Waals surface area (Å²) in [6, 6.07) is 9.30. The number of ether oxygens (including phenoxy) is 1. The molecule has 3 heterocycles. The summed E-state index contributed by atoms with van der Waals surface area (Å²) < 4.78 is 5.69. The van der Waals surface area contributed by atoms with E-state index in [0.717, 1.165) is 67.6 Å². The van der Waals surface area contributed by atoms with Crippen LogP contribution in [-0.2, 0) is 22.5 Å². The predicted octanol–water partition coefficient (Wildman–Crippen LogP) is 2.78. The number of carbonyl (C=O) groups is 1. The first-order valence-corrected chi connectivity index (χ1v) is 12.8. The van der Waals surface area contributed by atoms with Crippen molar-refractivity contribution in [2.45, 2.75) is 57.7 Å². The molecule has 1 amide bonds. The Hall–Kier alpha value is -2.71. The van der Waals surface area contributed by atoms with Crippen LogP contribution >= 0.6 is 0 Å². The number of carbonyl (C=O) groups excluding carboxylic acids is 1. The van der Waals surface area contributed by atoms with Gasteiger partial charge >= 0.3 is 0 Å². The van der Waals surface area contributed by atoms with Crippen molar-refractivity contribution in [1.82, 2.24) is 20.2 Å². The van der Waals surface area contributed by atoms with Gasteiger partial charge in [-0.05, 0) is 63.3 Å². The average molecular weight is 463 g/mol. The van der Waals surface area contributed by atoms with Crippen LogP contribution in [0.4, 0.5) is 11.5 Å². The quantitative estimate of drug-likeness (QED) is 0.612.